The van der Waals surface area contributed by atoms with E-state index in [0.29, 0.717) is 43.5 Å². The second-order valence-corrected chi connectivity index (χ2v) is 8.30. The van der Waals surface area contributed by atoms with Gasteiger partial charge in [-0.1, -0.05) is 0 Å². The highest BCUT2D eigenvalue weighted by Gasteiger charge is 2.27. The minimum atomic E-state index is -0.395. The Morgan fingerprint density at radius 2 is 1.77 bits per heavy atom. The summed E-state index contributed by atoms with van der Waals surface area (Å²) in [5.74, 6) is -0.563. The van der Waals surface area contributed by atoms with Gasteiger partial charge in [-0.05, 0) is 69.5 Å². The fraction of sp³-hybridized carbons (Fsp3) is 0.417. The highest BCUT2D eigenvalue weighted by Crippen LogP contribution is 2.38. The van der Waals surface area contributed by atoms with Gasteiger partial charge in [-0.25, -0.2) is 4.39 Å². The van der Waals surface area contributed by atoms with E-state index in [0.717, 1.165) is 5.56 Å². The second-order valence-electron chi connectivity index (χ2n) is 8.30. The molecule has 1 saturated carbocycles. The smallest absolute Gasteiger partial charge is 0.246 e. The minimum absolute atomic E-state index is 0.0155. The summed E-state index contributed by atoms with van der Waals surface area (Å²) in [4.78, 5) is 27.8. The molecule has 1 aromatic heterocycles. The number of carbonyl (C=O) groups is 2. The molecule has 0 radical (unpaired) electrons. The van der Waals surface area contributed by atoms with E-state index in [-0.39, 0.29) is 11.7 Å². The zero-order chi connectivity index (χ0) is 21.4. The summed E-state index contributed by atoms with van der Waals surface area (Å²) in [6.45, 7) is 7.86. The lowest BCUT2D eigenvalue weighted by atomic mass is 10.1. The quantitative estimate of drug-likeness (QED) is 0.551. The Balaban J connectivity index is 1.37. The van der Waals surface area contributed by atoms with E-state index in [1.807, 2.05) is 11.0 Å². The topological polar surface area (TPSA) is 45.6 Å². The first-order chi connectivity index (χ1) is 14.3. The number of nitrogens with zero attached hydrogens (tertiary/aromatic N) is 3. The molecule has 0 N–H and O–H groups in total. The molecule has 1 saturated heterocycles. The number of rotatable bonds is 5. The first-order valence-electron chi connectivity index (χ1n) is 10.6. The lowest BCUT2D eigenvalue weighted by Crippen LogP contribution is -2.48. The van der Waals surface area contributed by atoms with Gasteiger partial charge in [0, 0.05) is 55.2 Å². The molecule has 2 fully saturated rings. The molecule has 1 aromatic carbocycles. The van der Waals surface area contributed by atoms with Crippen LogP contribution < -0.4 is 4.90 Å². The van der Waals surface area contributed by atoms with E-state index >= 15 is 0 Å². The number of hydrogen-bond acceptors (Lipinski definition) is 3. The van der Waals surface area contributed by atoms with Crippen LogP contribution in [0.2, 0.25) is 0 Å². The monoisotopic (exact) mass is 409 g/mol. The molecule has 5 nitrogen and oxygen atoms in total. The maximum absolute atomic E-state index is 14.4. The molecule has 4 rings (SSSR count). The number of aromatic nitrogens is 1. The number of hydrogen-bond donors (Lipinski definition) is 0. The molecule has 6 heteroatoms. The van der Waals surface area contributed by atoms with Crippen LogP contribution in [0.3, 0.4) is 0 Å². The molecular formula is C24H28FN3O2. The standard InChI is InChI=1S/C24H28FN3O2/c1-16-14-19(17(2)28(16)21-6-7-21)5-9-24(30)27-12-10-26(11-13-27)23-8-4-20(18(3)29)15-22(23)25/h4-5,8-9,14-15,21H,6-7,10-13H2,1-3H3/b9-5+. The molecule has 0 unspecified atom stereocenters. The number of halogens is 1. The lowest BCUT2D eigenvalue weighted by Gasteiger charge is -2.35. The summed E-state index contributed by atoms with van der Waals surface area (Å²) >= 11 is 0. The number of amides is 1. The number of benzene rings is 1. The van der Waals surface area contributed by atoms with Crippen LogP contribution in [0.1, 0.15) is 53.1 Å². The third-order valence-electron chi connectivity index (χ3n) is 6.13. The number of ketones is 1. The van der Waals surface area contributed by atoms with E-state index in [1.54, 1.807) is 23.1 Å². The van der Waals surface area contributed by atoms with Crippen LogP contribution >= 0.6 is 0 Å². The van der Waals surface area contributed by atoms with Gasteiger partial charge >= 0.3 is 0 Å². The zero-order valence-electron chi connectivity index (χ0n) is 17.8. The van der Waals surface area contributed by atoms with Gasteiger partial charge in [0.1, 0.15) is 5.82 Å². The lowest BCUT2D eigenvalue weighted by molar-refractivity contribution is -0.126. The van der Waals surface area contributed by atoms with Gasteiger partial charge < -0.3 is 14.4 Å². The van der Waals surface area contributed by atoms with Crippen molar-refractivity contribution in [3.63, 3.8) is 0 Å². The summed E-state index contributed by atoms with van der Waals surface area (Å²) in [7, 11) is 0. The van der Waals surface area contributed by atoms with Crippen LogP contribution in [-0.4, -0.2) is 47.3 Å². The Morgan fingerprint density at radius 1 is 1.07 bits per heavy atom. The van der Waals surface area contributed by atoms with Crippen LogP contribution in [0, 0.1) is 19.7 Å². The molecule has 1 amide bonds. The third-order valence-corrected chi connectivity index (χ3v) is 6.13. The van der Waals surface area contributed by atoms with Gasteiger partial charge in [0.05, 0.1) is 5.69 Å². The molecule has 0 atom stereocenters. The van der Waals surface area contributed by atoms with E-state index < -0.39 is 5.82 Å². The first-order valence-corrected chi connectivity index (χ1v) is 10.6. The largest absolute Gasteiger partial charge is 0.366 e. The van der Waals surface area contributed by atoms with Crippen molar-refractivity contribution in [2.45, 2.75) is 39.7 Å². The van der Waals surface area contributed by atoms with Gasteiger partial charge in [-0.15, -0.1) is 0 Å². The average molecular weight is 410 g/mol. The average Bonchev–Trinajstić information content (AvgIpc) is 3.51. The Labute approximate surface area is 176 Å². The summed E-state index contributed by atoms with van der Waals surface area (Å²) < 4.78 is 16.8. The summed E-state index contributed by atoms with van der Waals surface area (Å²) in [5, 5.41) is 0. The van der Waals surface area contributed by atoms with Gasteiger partial charge in [0.2, 0.25) is 5.91 Å². The van der Waals surface area contributed by atoms with Crippen LogP contribution in [0.25, 0.3) is 6.08 Å². The molecule has 0 spiro atoms. The number of carbonyl (C=O) groups excluding carboxylic acids is 2. The Bertz CT molecular complexity index is 1010. The SMILES string of the molecule is CC(=O)c1ccc(N2CCN(C(=O)/C=C/c3cc(C)n(C4CC4)c3C)CC2)c(F)c1. The molecule has 0 bridgehead atoms. The molecule has 158 valence electrons. The molecule has 1 aliphatic heterocycles. The van der Waals surface area contributed by atoms with Crippen molar-refractivity contribution in [3.05, 3.63) is 58.7 Å². The van der Waals surface area contributed by atoms with Gasteiger partial charge in [0.15, 0.2) is 5.78 Å². The van der Waals surface area contributed by atoms with Crippen molar-refractivity contribution < 1.29 is 14.0 Å². The van der Waals surface area contributed by atoms with Crippen molar-refractivity contribution in [3.8, 4) is 0 Å². The van der Waals surface area contributed by atoms with Crippen molar-refractivity contribution >= 4 is 23.5 Å². The third kappa shape index (κ3) is 4.04. The molecule has 2 aliphatic rings. The normalized spacial score (nSPS) is 17.1. The van der Waals surface area contributed by atoms with Crippen molar-refractivity contribution in [1.29, 1.82) is 0 Å². The Hall–Kier alpha value is -2.89. The fourth-order valence-electron chi connectivity index (χ4n) is 4.28. The Kier molecular flexibility index (Phi) is 5.50. The van der Waals surface area contributed by atoms with Gasteiger partial charge in [0.25, 0.3) is 0 Å². The van der Waals surface area contributed by atoms with Crippen molar-refractivity contribution in [1.82, 2.24) is 9.47 Å². The van der Waals surface area contributed by atoms with E-state index in [9.17, 15) is 14.0 Å². The van der Waals surface area contributed by atoms with E-state index in [4.69, 9.17) is 0 Å². The van der Waals surface area contributed by atoms with Crippen LogP contribution in [-0.2, 0) is 4.79 Å². The summed E-state index contributed by atoms with van der Waals surface area (Å²) in [6, 6.07) is 7.36. The number of Topliss-reactive ketones (excluding diaryl/α,β-unsaturated/α-hetero) is 1. The zero-order valence-corrected chi connectivity index (χ0v) is 17.8. The molecule has 30 heavy (non-hydrogen) atoms. The predicted octanol–water partition coefficient (Wildman–Crippen LogP) is 4.14. The van der Waals surface area contributed by atoms with Gasteiger partial charge in [-0.3, -0.25) is 9.59 Å². The van der Waals surface area contributed by atoms with Crippen LogP contribution in [0.15, 0.2) is 30.3 Å². The van der Waals surface area contributed by atoms with E-state index in [2.05, 4.69) is 24.5 Å². The number of anilines is 1. The first kappa shape index (κ1) is 20.4. The van der Waals surface area contributed by atoms with E-state index in [1.165, 1.54) is 37.2 Å². The molecular weight excluding hydrogens is 381 g/mol. The molecule has 2 heterocycles. The van der Waals surface area contributed by atoms with Crippen molar-refractivity contribution in [2.24, 2.45) is 0 Å². The number of aryl methyl sites for hydroxylation is 1. The molecule has 2 aromatic rings. The maximum Gasteiger partial charge on any atom is 0.246 e. The van der Waals surface area contributed by atoms with Gasteiger partial charge in [-0.2, -0.15) is 0 Å². The summed E-state index contributed by atoms with van der Waals surface area (Å²) in [6.07, 6.45) is 6.04. The highest BCUT2D eigenvalue weighted by molar-refractivity contribution is 5.94. The predicted molar refractivity (Wildman–Crippen MR) is 116 cm³/mol. The number of piperazine rings is 1. The van der Waals surface area contributed by atoms with Crippen LogP contribution in [0.5, 0.6) is 0 Å². The van der Waals surface area contributed by atoms with Crippen molar-refractivity contribution in [2.75, 3.05) is 31.1 Å². The highest BCUT2D eigenvalue weighted by atomic mass is 19.1. The Morgan fingerprint density at radius 3 is 2.37 bits per heavy atom. The minimum Gasteiger partial charge on any atom is -0.366 e. The molecule has 1 aliphatic carbocycles. The van der Waals surface area contributed by atoms with Crippen LogP contribution in [0.4, 0.5) is 10.1 Å². The second kappa shape index (κ2) is 8.09. The summed E-state index contributed by atoms with van der Waals surface area (Å²) in [5.41, 5.74) is 4.41. The maximum atomic E-state index is 14.4. The fourth-order valence-corrected chi connectivity index (χ4v) is 4.28.